The Hall–Kier alpha value is -3.62. The van der Waals surface area contributed by atoms with Crippen molar-refractivity contribution in [3.8, 4) is 11.7 Å². The third kappa shape index (κ3) is 5.83. The van der Waals surface area contributed by atoms with Gasteiger partial charge < -0.3 is 9.64 Å². The number of pyridine rings is 1. The van der Waals surface area contributed by atoms with Crippen molar-refractivity contribution in [2.45, 2.75) is 81.9 Å². The molecule has 3 aromatic rings. The number of ether oxygens (including phenoxy) is 1. The molecule has 3 aromatic heterocycles. The second kappa shape index (κ2) is 10.5. The van der Waals surface area contributed by atoms with Crippen LogP contribution in [0.15, 0.2) is 41.7 Å². The Labute approximate surface area is 247 Å². The normalized spacial score (nSPS) is 22.7. The molecule has 4 bridgehead atoms. The standard InChI is InChI=1S/C28H34F3N7O4S/c1-26(2)15-19-5-3-4-12-36-18-20(16-32-36)43(40,41)35-25(39)21-6-7-22(33-24(21)37(26)17-19)38-13-8-23(34-38)42-14-11-27(9-10-27)28(29,30)31/h6-8,13,16,18-19H,3-5,9-12,14-15,17H2,1-2H3,(H,35,39)/t19-/m1/s1. The van der Waals surface area contributed by atoms with Crippen LogP contribution in [-0.4, -0.2) is 63.7 Å². The third-order valence-corrected chi connectivity index (χ3v) is 10.1. The molecule has 43 heavy (non-hydrogen) atoms. The number of fused-ring (bicyclic) bond motifs is 6. The fraction of sp³-hybridized carbons (Fsp3) is 0.571. The molecule has 0 spiro atoms. The number of carbonyl (C=O) groups excluding carboxylic acids is 1. The molecule has 1 atom stereocenters. The number of halogens is 3. The number of hydrogen-bond acceptors (Lipinski definition) is 8. The largest absolute Gasteiger partial charge is 0.477 e. The summed E-state index contributed by atoms with van der Waals surface area (Å²) in [5.41, 5.74) is -1.94. The quantitative estimate of drug-likeness (QED) is 0.442. The van der Waals surface area contributed by atoms with Gasteiger partial charge >= 0.3 is 6.18 Å². The molecule has 5 heterocycles. The molecule has 0 unspecified atom stereocenters. The topological polar surface area (TPSA) is 124 Å². The summed E-state index contributed by atoms with van der Waals surface area (Å²) in [7, 11) is -4.19. The second-order valence-corrected chi connectivity index (χ2v) is 14.1. The van der Waals surface area contributed by atoms with Crippen molar-refractivity contribution in [1.29, 1.82) is 0 Å². The van der Waals surface area contributed by atoms with Gasteiger partial charge in [0.15, 0.2) is 5.82 Å². The first-order valence-electron chi connectivity index (χ1n) is 14.4. The van der Waals surface area contributed by atoms with Gasteiger partial charge in [0.2, 0.25) is 5.88 Å². The minimum absolute atomic E-state index is 0.0915. The van der Waals surface area contributed by atoms with E-state index in [0.29, 0.717) is 30.6 Å². The average Bonchev–Trinajstić information content (AvgIpc) is 3.23. The number of rotatable bonds is 5. The zero-order valence-electron chi connectivity index (χ0n) is 24.0. The molecule has 11 nitrogen and oxygen atoms in total. The van der Waals surface area contributed by atoms with E-state index in [9.17, 15) is 26.4 Å². The first kappa shape index (κ1) is 29.5. The molecule has 1 saturated heterocycles. The molecule has 0 aromatic carbocycles. The van der Waals surface area contributed by atoms with E-state index in [-0.39, 0.29) is 47.7 Å². The van der Waals surface area contributed by atoms with Crippen molar-refractivity contribution in [3.63, 3.8) is 0 Å². The van der Waals surface area contributed by atoms with E-state index in [1.54, 1.807) is 16.9 Å². The predicted octanol–water partition coefficient (Wildman–Crippen LogP) is 4.48. The fourth-order valence-corrected chi connectivity index (χ4v) is 7.06. The lowest BCUT2D eigenvalue weighted by molar-refractivity contribution is -0.190. The highest BCUT2D eigenvalue weighted by Crippen LogP contribution is 2.59. The van der Waals surface area contributed by atoms with Gasteiger partial charge in [0.05, 0.1) is 23.8 Å². The molecular formula is C28H34F3N7O4S. The molecule has 0 radical (unpaired) electrons. The number of alkyl halides is 3. The number of amides is 1. The monoisotopic (exact) mass is 621 g/mol. The van der Waals surface area contributed by atoms with E-state index in [0.717, 1.165) is 25.7 Å². The van der Waals surface area contributed by atoms with Crippen LogP contribution in [0.2, 0.25) is 0 Å². The van der Waals surface area contributed by atoms with E-state index >= 15 is 0 Å². The van der Waals surface area contributed by atoms with Gasteiger partial charge in [-0.25, -0.2) is 22.8 Å². The molecule has 1 N–H and O–H groups in total. The molecule has 15 heteroatoms. The molecule has 3 aliphatic rings. The zero-order valence-corrected chi connectivity index (χ0v) is 24.8. The molecule has 1 amide bonds. The zero-order chi connectivity index (χ0) is 30.6. The first-order valence-corrected chi connectivity index (χ1v) is 15.9. The Morgan fingerprint density at radius 3 is 2.70 bits per heavy atom. The lowest BCUT2D eigenvalue weighted by Gasteiger charge is -2.34. The molecule has 6 rings (SSSR count). The molecule has 1 saturated carbocycles. The number of aryl methyl sites for hydroxylation is 1. The van der Waals surface area contributed by atoms with E-state index in [1.807, 2.05) is 4.90 Å². The van der Waals surface area contributed by atoms with Crippen LogP contribution in [0.25, 0.3) is 5.82 Å². The number of carbonyl (C=O) groups is 1. The van der Waals surface area contributed by atoms with Crippen molar-refractivity contribution in [1.82, 2.24) is 29.3 Å². The van der Waals surface area contributed by atoms with E-state index in [2.05, 4.69) is 28.8 Å². The predicted molar refractivity (Wildman–Crippen MR) is 149 cm³/mol. The summed E-state index contributed by atoms with van der Waals surface area (Å²) in [5, 5.41) is 8.49. The van der Waals surface area contributed by atoms with Crippen LogP contribution in [0.1, 0.15) is 69.2 Å². The van der Waals surface area contributed by atoms with Crippen LogP contribution >= 0.6 is 0 Å². The lowest BCUT2D eigenvalue weighted by Crippen LogP contribution is -2.41. The van der Waals surface area contributed by atoms with Gasteiger partial charge in [0.25, 0.3) is 15.9 Å². The summed E-state index contributed by atoms with van der Waals surface area (Å²) in [6, 6.07) is 4.59. The highest BCUT2D eigenvalue weighted by atomic mass is 32.2. The Morgan fingerprint density at radius 1 is 1.16 bits per heavy atom. The second-order valence-electron chi connectivity index (χ2n) is 12.4. The van der Waals surface area contributed by atoms with Crippen molar-refractivity contribution in [2.75, 3.05) is 18.1 Å². The molecule has 2 aliphatic heterocycles. The van der Waals surface area contributed by atoms with E-state index < -0.39 is 27.5 Å². The van der Waals surface area contributed by atoms with Crippen LogP contribution < -0.4 is 14.4 Å². The molecule has 2 fully saturated rings. The van der Waals surface area contributed by atoms with Crippen LogP contribution in [0.4, 0.5) is 19.0 Å². The fourth-order valence-electron chi connectivity index (χ4n) is 6.14. The minimum Gasteiger partial charge on any atom is -0.477 e. The lowest BCUT2D eigenvalue weighted by atomic mass is 9.93. The van der Waals surface area contributed by atoms with Gasteiger partial charge in [0, 0.05) is 37.1 Å². The number of anilines is 1. The molecule has 232 valence electrons. The van der Waals surface area contributed by atoms with Gasteiger partial charge in [-0.05, 0) is 70.4 Å². The maximum Gasteiger partial charge on any atom is 0.394 e. The van der Waals surface area contributed by atoms with Crippen molar-refractivity contribution in [2.24, 2.45) is 11.3 Å². The highest BCUT2D eigenvalue weighted by molar-refractivity contribution is 7.90. The summed E-state index contributed by atoms with van der Waals surface area (Å²) >= 11 is 0. The van der Waals surface area contributed by atoms with Gasteiger partial charge in [0.1, 0.15) is 10.7 Å². The van der Waals surface area contributed by atoms with Crippen LogP contribution in [0.3, 0.4) is 0 Å². The summed E-state index contributed by atoms with van der Waals surface area (Å²) in [6.07, 6.45) is 3.66. The maximum atomic E-state index is 13.5. The average molecular weight is 622 g/mol. The molecule has 1 aliphatic carbocycles. The van der Waals surface area contributed by atoms with Gasteiger partial charge in [-0.2, -0.15) is 18.3 Å². The smallest absolute Gasteiger partial charge is 0.394 e. The summed E-state index contributed by atoms with van der Waals surface area (Å²) < 4.78 is 76.6. The summed E-state index contributed by atoms with van der Waals surface area (Å²) in [4.78, 5) is 20.2. The number of nitrogens with one attached hydrogen (secondary N) is 1. The summed E-state index contributed by atoms with van der Waals surface area (Å²) in [5.74, 6) is 0.342. The minimum atomic E-state index is -4.25. The SMILES string of the molecule is CC1(C)C[C@H]2CCCCn3cc(cn3)S(=O)(=O)NC(=O)c3ccc(-n4ccc(OCCC5(C(F)(F)F)CC5)n4)nc3N1C2. The van der Waals surface area contributed by atoms with Gasteiger partial charge in [-0.3, -0.25) is 9.48 Å². The van der Waals surface area contributed by atoms with Gasteiger partial charge in [-0.1, -0.05) is 6.42 Å². The molecular weight excluding hydrogens is 587 g/mol. The maximum absolute atomic E-state index is 13.5. The Kier molecular flexibility index (Phi) is 7.21. The summed E-state index contributed by atoms with van der Waals surface area (Å²) in [6.45, 7) is 5.23. The van der Waals surface area contributed by atoms with E-state index in [1.165, 1.54) is 29.2 Å². The van der Waals surface area contributed by atoms with Crippen molar-refractivity contribution in [3.05, 3.63) is 42.4 Å². The van der Waals surface area contributed by atoms with Crippen molar-refractivity contribution >= 4 is 21.7 Å². The number of sulfonamides is 1. The van der Waals surface area contributed by atoms with E-state index in [4.69, 9.17) is 9.72 Å². The first-order chi connectivity index (χ1) is 20.3. The van der Waals surface area contributed by atoms with Crippen LogP contribution in [0.5, 0.6) is 5.88 Å². The number of hydrogen-bond donors (Lipinski definition) is 1. The number of aromatic nitrogens is 5. The third-order valence-electron chi connectivity index (χ3n) is 8.80. The van der Waals surface area contributed by atoms with Crippen molar-refractivity contribution < 1.29 is 31.1 Å². The Bertz CT molecular complexity index is 1630. The highest BCUT2D eigenvalue weighted by Gasteiger charge is 2.62. The van der Waals surface area contributed by atoms with Crippen LogP contribution in [-0.2, 0) is 16.6 Å². The Balaban J connectivity index is 1.29. The number of nitrogens with zero attached hydrogens (tertiary/aromatic N) is 6. The van der Waals surface area contributed by atoms with Crippen LogP contribution in [0, 0.1) is 11.3 Å². The van der Waals surface area contributed by atoms with Gasteiger partial charge in [-0.15, -0.1) is 5.10 Å². The Morgan fingerprint density at radius 2 is 1.95 bits per heavy atom.